The smallest absolute Gasteiger partial charge is 0.00898 e. The fourth-order valence-corrected chi connectivity index (χ4v) is 2.51. The van der Waals surface area contributed by atoms with E-state index in [9.17, 15) is 0 Å². The Morgan fingerprint density at radius 1 is 0.800 bits per heavy atom. The van der Waals surface area contributed by atoms with Crippen molar-refractivity contribution in [2.45, 2.75) is 18.8 Å². The van der Waals surface area contributed by atoms with Gasteiger partial charge >= 0.3 is 0 Å². The van der Waals surface area contributed by atoms with Crippen molar-refractivity contribution in [2.75, 3.05) is 20.6 Å². The van der Waals surface area contributed by atoms with Crippen molar-refractivity contribution in [2.24, 2.45) is 0 Å². The average Bonchev–Trinajstić information content (AvgIpc) is 2.45. The molecule has 0 aliphatic heterocycles. The third-order valence-electron chi connectivity index (χ3n) is 3.50. The van der Waals surface area contributed by atoms with Gasteiger partial charge in [0.05, 0.1) is 0 Å². The highest BCUT2D eigenvalue weighted by Gasteiger charge is 2.13. The van der Waals surface area contributed by atoms with Gasteiger partial charge in [-0.1, -0.05) is 60.7 Å². The van der Waals surface area contributed by atoms with Crippen LogP contribution in [0, 0.1) is 0 Å². The second kappa shape index (κ2) is 8.78. The maximum Gasteiger partial charge on any atom is 0.00898 e. The van der Waals surface area contributed by atoms with Gasteiger partial charge in [0.2, 0.25) is 0 Å². The van der Waals surface area contributed by atoms with E-state index in [0.717, 1.165) is 6.54 Å². The van der Waals surface area contributed by atoms with Crippen LogP contribution in [0.3, 0.4) is 0 Å². The lowest BCUT2D eigenvalue weighted by molar-refractivity contribution is 0.390. The van der Waals surface area contributed by atoms with Gasteiger partial charge in [0.15, 0.2) is 0 Å². The molecule has 20 heavy (non-hydrogen) atoms. The predicted molar refractivity (Wildman–Crippen MR) is 89.8 cm³/mol. The number of rotatable bonds is 6. The van der Waals surface area contributed by atoms with E-state index >= 15 is 0 Å². The molecule has 0 amide bonds. The van der Waals surface area contributed by atoms with Crippen molar-refractivity contribution in [1.82, 2.24) is 4.90 Å². The Morgan fingerprint density at radius 2 is 1.25 bits per heavy atom. The number of hydrogen-bond donors (Lipinski definition) is 0. The largest absolute Gasteiger partial charge is 0.309 e. The lowest BCUT2D eigenvalue weighted by Gasteiger charge is -2.19. The first-order chi connectivity index (χ1) is 9.27. The number of hydrogen-bond acceptors (Lipinski definition) is 1. The molecule has 0 fully saturated rings. The molecular weight excluding hydrogens is 266 g/mol. The summed E-state index contributed by atoms with van der Waals surface area (Å²) in [6.45, 7) is 1.15. The highest BCUT2D eigenvalue weighted by Crippen LogP contribution is 2.28. The summed E-state index contributed by atoms with van der Waals surface area (Å²) in [4.78, 5) is 2.26. The van der Waals surface area contributed by atoms with Crippen LogP contribution in [0.1, 0.15) is 29.9 Å². The molecule has 2 aromatic rings. The third kappa shape index (κ3) is 4.99. The van der Waals surface area contributed by atoms with E-state index in [1.54, 1.807) is 0 Å². The Bertz CT molecular complexity index is 428. The zero-order valence-corrected chi connectivity index (χ0v) is 13.1. The van der Waals surface area contributed by atoms with E-state index in [2.05, 4.69) is 79.7 Å². The lowest BCUT2D eigenvalue weighted by atomic mass is 9.87. The van der Waals surface area contributed by atoms with Gasteiger partial charge in [0, 0.05) is 5.92 Å². The van der Waals surface area contributed by atoms with Crippen LogP contribution in [-0.2, 0) is 0 Å². The van der Waals surface area contributed by atoms with Gasteiger partial charge in [-0.3, -0.25) is 0 Å². The average molecular weight is 290 g/mol. The standard InChI is InChI=1S/C18H23N.ClH/c1-19(2)15-9-14-18(16-10-5-3-6-11-16)17-12-7-4-8-13-17;/h3-8,10-13,18H,9,14-15H2,1-2H3;1H. The summed E-state index contributed by atoms with van der Waals surface area (Å²) in [5.74, 6) is 0.516. The van der Waals surface area contributed by atoms with E-state index < -0.39 is 0 Å². The molecule has 108 valence electrons. The first-order valence-corrected chi connectivity index (χ1v) is 7.02. The topological polar surface area (TPSA) is 3.24 Å². The Labute approximate surface area is 129 Å². The minimum Gasteiger partial charge on any atom is -0.309 e. The molecule has 0 aromatic heterocycles. The maximum atomic E-state index is 2.26. The van der Waals surface area contributed by atoms with Crippen LogP contribution in [0.5, 0.6) is 0 Å². The van der Waals surface area contributed by atoms with Gasteiger partial charge in [-0.15, -0.1) is 12.4 Å². The quantitative estimate of drug-likeness (QED) is 0.752. The number of halogens is 1. The molecule has 0 saturated heterocycles. The fraction of sp³-hybridized carbons (Fsp3) is 0.333. The molecular formula is C18H24ClN. The van der Waals surface area contributed by atoms with E-state index in [1.807, 2.05) is 0 Å². The summed E-state index contributed by atoms with van der Waals surface area (Å²) >= 11 is 0. The van der Waals surface area contributed by atoms with Gasteiger partial charge < -0.3 is 4.90 Å². The van der Waals surface area contributed by atoms with Gasteiger partial charge in [-0.05, 0) is 44.6 Å². The predicted octanol–water partition coefficient (Wildman–Crippen LogP) is 4.58. The van der Waals surface area contributed by atoms with Crippen molar-refractivity contribution in [3.05, 3.63) is 71.8 Å². The van der Waals surface area contributed by atoms with Crippen LogP contribution in [0.2, 0.25) is 0 Å². The first kappa shape index (κ1) is 16.7. The van der Waals surface area contributed by atoms with E-state index in [1.165, 1.54) is 24.0 Å². The van der Waals surface area contributed by atoms with Crippen molar-refractivity contribution >= 4 is 12.4 Å². The van der Waals surface area contributed by atoms with Crippen LogP contribution in [-0.4, -0.2) is 25.5 Å². The van der Waals surface area contributed by atoms with Crippen LogP contribution >= 0.6 is 12.4 Å². The van der Waals surface area contributed by atoms with Crippen LogP contribution in [0.4, 0.5) is 0 Å². The van der Waals surface area contributed by atoms with Gasteiger partial charge in [-0.25, -0.2) is 0 Å². The molecule has 0 N–H and O–H groups in total. The third-order valence-corrected chi connectivity index (χ3v) is 3.50. The first-order valence-electron chi connectivity index (χ1n) is 7.02. The fourth-order valence-electron chi connectivity index (χ4n) is 2.51. The zero-order chi connectivity index (χ0) is 13.5. The molecule has 2 heteroatoms. The second-order valence-corrected chi connectivity index (χ2v) is 5.32. The van der Waals surface area contributed by atoms with Crippen molar-refractivity contribution in [3.63, 3.8) is 0 Å². The summed E-state index contributed by atoms with van der Waals surface area (Å²) in [7, 11) is 4.28. The lowest BCUT2D eigenvalue weighted by Crippen LogP contribution is -2.14. The Hall–Kier alpha value is -1.31. The number of benzene rings is 2. The molecule has 0 atom stereocenters. The molecule has 0 radical (unpaired) electrons. The van der Waals surface area contributed by atoms with Crippen molar-refractivity contribution in [3.8, 4) is 0 Å². The zero-order valence-electron chi connectivity index (χ0n) is 12.3. The van der Waals surface area contributed by atoms with Crippen molar-refractivity contribution in [1.29, 1.82) is 0 Å². The summed E-state index contributed by atoms with van der Waals surface area (Å²) in [6, 6.07) is 21.7. The SMILES string of the molecule is CN(C)CCCC(c1ccccc1)c1ccccc1.Cl. The van der Waals surface area contributed by atoms with Gasteiger partial charge in [0.25, 0.3) is 0 Å². The van der Waals surface area contributed by atoms with Crippen LogP contribution in [0.25, 0.3) is 0 Å². The second-order valence-electron chi connectivity index (χ2n) is 5.32. The van der Waals surface area contributed by atoms with Gasteiger partial charge in [0.1, 0.15) is 0 Å². The van der Waals surface area contributed by atoms with E-state index in [0.29, 0.717) is 5.92 Å². The molecule has 0 aliphatic rings. The Balaban J connectivity index is 0.00000200. The van der Waals surface area contributed by atoms with E-state index in [4.69, 9.17) is 0 Å². The molecule has 0 unspecified atom stereocenters. The molecule has 0 aliphatic carbocycles. The minimum absolute atomic E-state index is 0. The van der Waals surface area contributed by atoms with Crippen molar-refractivity contribution < 1.29 is 0 Å². The maximum absolute atomic E-state index is 2.26. The molecule has 2 rings (SSSR count). The van der Waals surface area contributed by atoms with E-state index in [-0.39, 0.29) is 12.4 Å². The summed E-state index contributed by atoms with van der Waals surface area (Å²) in [5.41, 5.74) is 2.85. The Kier molecular flexibility index (Phi) is 7.35. The van der Waals surface area contributed by atoms with Crippen LogP contribution in [0.15, 0.2) is 60.7 Å². The summed E-state index contributed by atoms with van der Waals surface area (Å²) in [5, 5.41) is 0. The van der Waals surface area contributed by atoms with Crippen LogP contribution < -0.4 is 0 Å². The summed E-state index contributed by atoms with van der Waals surface area (Å²) < 4.78 is 0. The summed E-state index contributed by atoms with van der Waals surface area (Å²) in [6.07, 6.45) is 2.42. The monoisotopic (exact) mass is 289 g/mol. The Morgan fingerprint density at radius 3 is 1.65 bits per heavy atom. The molecule has 0 bridgehead atoms. The highest BCUT2D eigenvalue weighted by atomic mass is 35.5. The molecule has 0 heterocycles. The highest BCUT2D eigenvalue weighted by molar-refractivity contribution is 5.85. The minimum atomic E-state index is 0. The molecule has 1 nitrogen and oxygen atoms in total. The van der Waals surface area contributed by atoms with Gasteiger partial charge in [-0.2, -0.15) is 0 Å². The molecule has 0 saturated carbocycles. The number of nitrogens with zero attached hydrogens (tertiary/aromatic N) is 1. The normalized spacial score (nSPS) is 10.6. The molecule has 2 aromatic carbocycles. The molecule has 0 spiro atoms.